The van der Waals surface area contributed by atoms with E-state index in [4.69, 9.17) is 16.3 Å². The van der Waals surface area contributed by atoms with Gasteiger partial charge in [0, 0.05) is 11.6 Å². The van der Waals surface area contributed by atoms with E-state index in [1.165, 1.54) is 6.33 Å². The van der Waals surface area contributed by atoms with Gasteiger partial charge in [0.05, 0.1) is 24.4 Å². The molecule has 0 saturated carbocycles. The Labute approximate surface area is 155 Å². The number of hydrogen-bond donors (Lipinski definition) is 1. The second-order valence-corrected chi connectivity index (χ2v) is 6.13. The molecule has 2 heterocycles. The van der Waals surface area contributed by atoms with Gasteiger partial charge in [0.1, 0.15) is 17.9 Å². The summed E-state index contributed by atoms with van der Waals surface area (Å²) in [5, 5.41) is 9.29. The molecule has 2 aromatic heterocycles. The van der Waals surface area contributed by atoms with E-state index in [9.17, 15) is 0 Å². The highest BCUT2D eigenvalue weighted by atomic mass is 35.5. The summed E-state index contributed by atoms with van der Waals surface area (Å²) in [4.78, 5) is 8.73. The van der Waals surface area contributed by atoms with E-state index in [0.29, 0.717) is 11.6 Å². The predicted molar refractivity (Wildman–Crippen MR) is 102 cm³/mol. The summed E-state index contributed by atoms with van der Waals surface area (Å²) in [6.07, 6.45) is 3.29. The highest BCUT2D eigenvalue weighted by Gasteiger charge is 2.11. The van der Waals surface area contributed by atoms with Gasteiger partial charge >= 0.3 is 0 Å². The normalized spacial score (nSPS) is 10.8. The number of benzene rings is 2. The molecule has 26 heavy (non-hydrogen) atoms. The van der Waals surface area contributed by atoms with E-state index in [1.54, 1.807) is 18.0 Å². The first-order valence-electron chi connectivity index (χ1n) is 8.06. The van der Waals surface area contributed by atoms with E-state index in [2.05, 4.69) is 20.4 Å². The minimum Gasteiger partial charge on any atom is -0.497 e. The van der Waals surface area contributed by atoms with Crippen LogP contribution in [0, 0.1) is 0 Å². The molecule has 2 aromatic carbocycles. The number of halogens is 1. The highest BCUT2D eigenvalue weighted by Crippen LogP contribution is 2.23. The van der Waals surface area contributed by atoms with Crippen LogP contribution in [0.2, 0.25) is 5.02 Å². The molecule has 0 amide bonds. The maximum Gasteiger partial charge on any atom is 0.168 e. The lowest BCUT2D eigenvalue weighted by Gasteiger charge is -2.08. The fourth-order valence-electron chi connectivity index (χ4n) is 2.71. The Kier molecular flexibility index (Phi) is 4.41. The first-order valence-corrected chi connectivity index (χ1v) is 8.44. The monoisotopic (exact) mass is 365 g/mol. The van der Waals surface area contributed by atoms with E-state index in [0.717, 1.165) is 33.9 Å². The summed E-state index contributed by atoms with van der Waals surface area (Å²) >= 11 is 6.09. The van der Waals surface area contributed by atoms with Crippen molar-refractivity contribution in [2.45, 2.75) is 6.54 Å². The SMILES string of the molecule is COc1ccc(CNc2ncnc3c2cnn3-c2cccc(Cl)c2)cc1. The van der Waals surface area contributed by atoms with Gasteiger partial charge in [0.25, 0.3) is 0 Å². The van der Waals surface area contributed by atoms with Crippen LogP contribution in [-0.2, 0) is 6.54 Å². The fraction of sp³-hybridized carbons (Fsp3) is 0.105. The van der Waals surface area contributed by atoms with Gasteiger partial charge in [-0.25, -0.2) is 14.6 Å². The van der Waals surface area contributed by atoms with Crippen molar-refractivity contribution < 1.29 is 4.74 Å². The number of aromatic nitrogens is 4. The van der Waals surface area contributed by atoms with Crippen molar-refractivity contribution in [2.24, 2.45) is 0 Å². The molecule has 0 aliphatic carbocycles. The minimum atomic E-state index is 0.637. The molecular formula is C19H16ClN5O. The third-order valence-electron chi connectivity index (χ3n) is 4.04. The molecule has 0 aliphatic heterocycles. The van der Waals surface area contributed by atoms with Crippen LogP contribution in [0.4, 0.5) is 5.82 Å². The van der Waals surface area contributed by atoms with Crippen molar-refractivity contribution in [2.75, 3.05) is 12.4 Å². The van der Waals surface area contributed by atoms with Crippen molar-refractivity contribution in [1.29, 1.82) is 0 Å². The van der Waals surface area contributed by atoms with Crippen LogP contribution in [0.3, 0.4) is 0 Å². The Morgan fingerprint density at radius 1 is 1.12 bits per heavy atom. The third kappa shape index (κ3) is 3.19. The van der Waals surface area contributed by atoms with Crippen LogP contribution in [0.1, 0.15) is 5.56 Å². The van der Waals surface area contributed by atoms with Crippen LogP contribution in [0.5, 0.6) is 5.75 Å². The highest BCUT2D eigenvalue weighted by molar-refractivity contribution is 6.30. The summed E-state index contributed by atoms with van der Waals surface area (Å²) < 4.78 is 6.93. The summed E-state index contributed by atoms with van der Waals surface area (Å²) in [5.74, 6) is 1.57. The van der Waals surface area contributed by atoms with Crippen LogP contribution >= 0.6 is 11.6 Å². The van der Waals surface area contributed by atoms with Gasteiger partial charge in [-0.05, 0) is 35.9 Å². The van der Waals surface area contributed by atoms with Crippen molar-refractivity contribution in [3.63, 3.8) is 0 Å². The average molecular weight is 366 g/mol. The molecule has 4 aromatic rings. The molecule has 0 fully saturated rings. The standard InChI is InChI=1S/C19H16ClN5O/c1-26-16-7-5-13(6-8-16)10-21-18-17-11-24-25(19(17)23-12-22-18)15-4-2-3-14(20)9-15/h2-9,11-12H,10H2,1H3,(H,21,22,23). The molecule has 130 valence electrons. The molecule has 0 bridgehead atoms. The number of ether oxygens (including phenoxy) is 1. The van der Waals surface area contributed by atoms with Crippen molar-refractivity contribution in [1.82, 2.24) is 19.7 Å². The van der Waals surface area contributed by atoms with Crippen molar-refractivity contribution in [3.8, 4) is 11.4 Å². The summed E-state index contributed by atoms with van der Waals surface area (Å²) in [5.41, 5.74) is 2.70. The average Bonchev–Trinajstić information content (AvgIpc) is 3.11. The maximum atomic E-state index is 6.09. The fourth-order valence-corrected chi connectivity index (χ4v) is 2.90. The number of hydrogen-bond acceptors (Lipinski definition) is 5. The van der Waals surface area contributed by atoms with Gasteiger partial charge in [-0.1, -0.05) is 29.8 Å². The molecule has 0 aliphatic rings. The first-order chi connectivity index (χ1) is 12.7. The van der Waals surface area contributed by atoms with Crippen LogP contribution < -0.4 is 10.1 Å². The van der Waals surface area contributed by atoms with Gasteiger partial charge in [0.15, 0.2) is 5.65 Å². The Bertz CT molecular complexity index is 1050. The Balaban J connectivity index is 1.62. The second kappa shape index (κ2) is 7.01. The molecule has 6 nitrogen and oxygen atoms in total. The Morgan fingerprint density at radius 3 is 2.73 bits per heavy atom. The molecule has 0 radical (unpaired) electrons. The zero-order chi connectivity index (χ0) is 17.9. The smallest absolute Gasteiger partial charge is 0.168 e. The predicted octanol–water partition coefficient (Wildman–Crippen LogP) is 4.09. The zero-order valence-corrected chi connectivity index (χ0v) is 14.8. The molecule has 1 N–H and O–H groups in total. The molecule has 7 heteroatoms. The lowest BCUT2D eigenvalue weighted by Crippen LogP contribution is -2.03. The lowest BCUT2D eigenvalue weighted by molar-refractivity contribution is 0.414. The number of methoxy groups -OCH3 is 1. The second-order valence-electron chi connectivity index (χ2n) is 5.70. The van der Waals surface area contributed by atoms with E-state index in [-0.39, 0.29) is 0 Å². The van der Waals surface area contributed by atoms with Crippen molar-refractivity contribution in [3.05, 3.63) is 71.6 Å². The minimum absolute atomic E-state index is 0.637. The number of nitrogens with zero attached hydrogens (tertiary/aromatic N) is 4. The number of fused-ring (bicyclic) bond motifs is 1. The first kappa shape index (κ1) is 16.4. The number of anilines is 1. The van der Waals surface area contributed by atoms with Gasteiger partial charge in [0.2, 0.25) is 0 Å². The summed E-state index contributed by atoms with van der Waals surface area (Å²) in [6.45, 7) is 0.637. The largest absolute Gasteiger partial charge is 0.497 e. The molecule has 0 saturated heterocycles. The van der Waals surface area contributed by atoms with Crippen LogP contribution in [0.25, 0.3) is 16.7 Å². The van der Waals surface area contributed by atoms with E-state index >= 15 is 0 Å². The maximum absolute atomic E-state index is 6.09. The molecule has 0 unspecified atom stereocenters. The third-order valence-corrected chi connectivity index (χ3v) is 4.27. The van der Waals surface area contributed by atoms with Crippen molar-refractivity contribution >= 4 is 28.5 Å². The van der Waals surface area contributed by atoms with Crippen LogP contribution in [-0.4, -0.2) is 26.9 Å². The van der Waals surface area contributed by atoms with Gasteiger partial charge in [-0.3, -0.25) is 0 Å². The number of nitrogens with one attached hydrogen (secondary N) is 1. The van der Waals surface area contributed by atoms with E-state index < -0.39 is 0 Å². The van der Waals surface area contributed by atoms with Gasteiger partial charge < -0.3 is 10.1 Å². The summed E-state index contributed by atoms with van der Waals surface area (Å²) in [6, 6.07) is 15.4. The van der Waals surface area contributed by atoms with Gasteiger partial charge in [-0.15, -0.1) is 0 Å². The van der Waals surface area contributed by atoms with Gasteiger partial charge in [-0.2, -0.15) is 5.10 Å². The quantitative estimate of drug-likeness (QED) is 0.577. The molecule has 0 atom stereocenters. The zero-order valence-electron chi connectivity index (χ0n) is 14.1. The number of rotatable bonds is 5. The van der Waals surface area contributed by atoms with E-state index in [1.807, 2.05) is 48.5 Å². The topological polar surface area (TPSA) is 64.9 Å². The molecule has 0 spiro atoms. The lowest BCUT2D eigenvalue weighted by atomic mass is 10.2. The summed E-state index contributed by atoms with van der Waals surface area (Å²) in [7, 11) is 1.66. The molecule has 4 rings (SSSR count). The molecular weight excluding hydrogens is 350 g/mol. The Morgan fingerprint density at radius 2 is 1.96 bits per heavy atom. The Hall–Kier alpha value is -3.12. The van der Waals surface area contributed by atoms with Crippen LogP contribution in [0.15, 0.2) is 61.1 Å².